The minimum atomic E-state index is -0.547. The van der Waals surface area contributed by atoms with Gasteiger partial charge < -0.3 is 47.4 Å². The quantitative estimate of drug-likeness (QED) is 0.0377. The first-order valence-electron chi connectivity index (χ1n) is 18.6. The topological polar surface area (TPSA) is 126 Å². The van der Waals surface area contributed by atoms with Crippen molar-refractivity contribution in [1.82, 2.24) is 0 Å². The maximum Gasteiger partial charge on any atom is 0.333 e. The van der Waals surface area contributed by atoms with Crippen molar-refractivity contribution in [3.05, 3.63) is 110 Å². The molecule has 0 aromatic heterocycles. The van der Waals surface area contributed by atoms with Crippen molar-refractivity contribution in [2.45, 2.75) is 44.8 Å². The second-order valence-electron chi connectivity index (χ2n) is 12.3. The summed E-state index contributed by atoms with van der Waals surface area (Å²) in [5, 5.41) is 0. The van der Waals surface area contributed by atoms with Crippen LogP contribution in [0.3, 0.4) is 0 Å². The van der Waals surface area contributed by atoms with Crippen molar-refractivity contribution in [1.29, 1.82) is 0 Å². The van der Waals surface area contributed by atoms with Gasteiger partial charge in [0.05, 0.1) is 26.4 Å². The first-order valence-corrected chi connectivity index (χ1v) is 18.6. The van der Waals surface area contributed by atoms with E-state index in [-0.39, 0.29) is 26.4 Å². The normalized spacial score (nSPS) is 11.9. The first kappa shape index (κ1) is 44.5. The van der Waals surface area contributed by atoms with Gasteiger partial charge in [0.15, 0.2) is 12.2 Å². The number of benzene rings is 3. The molecular weight excluding hydrogens is 708 g/mol. The maximum atomic E-state index is 12.0. The Bertz CT molecular complexity index is 1480. The number of esters is 2. The summed E-state index contributed by atoms with van der Waals surface area (Å²) in [6, 6.07) is 26.1. The molecule has 0 saturated heterocycles. The fraction of sp³-hybridized carbons (Fsp3) is 0.442. The van der Waals surface area contributed by atoms with E-state index in [4.69, 9.17) is 47.4 Å². The van der Waals surface area contributed by atoms with Gasteiger partial charge in [0.1, 0.15) is 49.4 Å². The lowest BCUT2D eigenvalue weighted by Crippen LogP contribution is -2.30. The molecule has 0 bridgehead atoms. The standard InChI is InChI=1S/C43H56O12/c1-4-42(44)54-40(33-52-36-16-7-5-8-17-36)31-48-24-13-11-22-46-26-28-50-38-20-15-21-39(30-38)51-29-27-47-23-12-14-25-49-32-41(55-43(45)35(2)3)34-53-37-18-9-6-10-19-37/h4-10,15-21,30,40-41H,1-2,11-14,22-29,31-34H2,3H3. The summed E-state index contributed by atoms with van der Waals surface area (Å²) in [5.74, 6) is 1.79. The molecule has 0 fully saturated rings. The SMILES string of the molecule is C=CC(=O)OC(COCCCCOCCOc1cccc(OCCOCCCCOCC(COc2ccccc2)OC(=O)C(=C)C)c1)COc1ccccc1. The Labute approximate surface area is 325 Å². The van der Waals surface area contributed by atoms with E-state index in [0.29, 0.717) is 81.4 Å². The molecule has 3 aromatic carbocycles. The number of unbranched alkanes of at least 4 members (excludes halogenated alkanes) is 2. The van der Waals surface area contributed by atoms with Crippen LogP contribution in [0.1, 0.15) is 32.6 Å². The van der Waals surface area contributed by atoms with Crippen LogP contribution in [-0.2, 0) is 38.0 Å². The summed E-state index contributed by atoms with van der Waals surface area (Å²) in [4.78, 5) is 23.7. The molecule has 0 amide bonds. The number of hydrogen-bond acceptors (Lipinski definition) is 12. The Morgan fingerprint density at radius 3 is 1.42 bits per heavy atom. The lowest BCUT2D eigenvalue weighted by atomic mass is 10.3. The minimum absolute atomic E-state index is 0.184. The zero-order chi connectivity index (χ0) is 39.2. The highest BCUT2D eigenvalue weighted by Gasteiger charge is 2.17. The van der Waals surface area contributed by atoms with Crippen LogP contribution in [0.2, 0.25) is 0 Å². The second kappa shape index (κ2) is 28.5. The van der Waals surface area contributed by atoms with E-state index >= 15 is 0 Å². The summed E-state index contributed by atoms with van der Waals surface area (Å²) >= 11 is 0. The molecule has 3 rings (SSSR count). The van der Waals surface area contributed by atoms with Gasteiger partial charge >= 0.3 is 11.9 Å². The van der Waals surface area contributed by atoms with Crippen molar-refractivity contribution >= 4 is 11.9 Å². The van der Waals surface area contributed by atoms with Crippen LogP contribution in [0.25, 0.3) is 0 Å². The average Bonchev–Trinajstić information content (AvgIpc) is 3.20. The van der Waals surface area contributed by atoms with Crippen molar-refractivity contribution in [3.8, 4) is 23.0 Å². The number of ether oxygens (including phenoxy) is 10. The van der Waals surface area contributed by atoms with Gasteiger partial charge in [-0.1, -0.05) is 55.6 Å². The summed E-state index contributed by atoms with van der Waals surface area (Å²) in [6.07, 6.45) is 3.26. The van der Waals surface area contributed by atoms with Crippen LogP contribution in [-0.4, -0.2) is 103 Å². The van der Waals surface area contributed by atoms with E-state index in [2.05, 4.69) is 13.2 Å². The van der Waals surface area contributed by atoms with Crippen LogP contribution in [0.5, 0.6) is 23.0 Å². The van der Waals surface area contributed by atoms with Gasteiger partial charge in [0.25, 0.3) is 0 Å². The van der Waals surface area contributed by atoms with Crippen molar-refractivity contribution in [3.63, 3.8) is 0 Å². The number of carbonyl (C=O) groups is 2. The largest absolute Gasteiger partial charge is 0.491 e. The van der Waals surface area contributed by atoms with E-state index in [1.54, 1.807) is 6.92 Å². The number of carbonyl (C=O) groups excluding carboxylic acids is 2. The zero-order valence-corrected chi connectivity index (χ0v) is 31.9. The van der Waals surface area contributed by atoms with E-state index in [1.165, 1.54) is 0 Å². The van der Waals surface area contributed by atoms with E-state index in [9.17, 15) is 9.59 Å². The summed E-state index contributed by atoms with van der Waals surface area (Å²) < 4.78 is 56.8. The summed E-state index contributed by atoms with van der Waals surface area (Å²) in [6.45, 7) is 13.4. The fourth-order valence-corrected chi connectivity index (χ4v) is 4.65. The first-order chi connectivity index (χ1) is 26.9. The smallest absolute Gasteiger partial charge is 0.333 e. The Hall–Kier alpha value is -4.88. The molecule has 0 aliphatic heterocycles. The predicted octanol–water partition coefficient (Wildman–Crippen LogP) is 6.81. The Balaban J connectivity index is 1.15. The summed E-state index contributed by atoms with van der Waals surface area (Å²) in [5.41, 5.74) is 0.324. The highest BCUT2D eigenvalue weighted by molar-refractivity contribution is 5.87. The molecule has 55 heavy (non-hydrogen) atoms. The molecule has 2 unspecified atom stereocenters. The molecule has 0 saturated carbocycles. The van der Waals surface area contributed by atoms with Crippen molar-refractivity contribution < 1.29 is 57.0 Å². The molecule has 0 aliphatic carbocycles. The van der Waals surface area contributed by atoms with Crippen LogP contribution < -0.4 is 18.9 Å². The Morgan fingerprint density at radius 1 is 0.527 bits per heavy atom. The van der Waals surface area contributed by atoms with E-state index in [0.717, 1.165) is 31.8 Å². The van der Waals surface area contributed by atoms with Gasteiger partial charge in [-0.3, -0.25) is 0 Å². The maximum absolute atomic E-state index is 12.0. The number of hydrogen-bond donors (Lipinski definition) is 0. The average molecular weight is 765 g/mol. The molecule has 0 aliphatic rings. The second-order valence-corrected chi connectivity index (χ2v) is 12.3. The van der Waals surface area contributed by atoms with Crippen LogP contribution in [0.4, 0.5) is 0 Å². The highest BCUT2D eigenvalue weighted by atomic mass is 16.6. The lowest BCUT2D eigenvalue weighted by molar-refractivity contribution is -0.149. The molecule has 3 aromatic rings. The van der Waals surface area contributed by atoms with Crippen LogP contribution >= 0.6 is 0 Å². The molecule has 0 N–H and O–H groups in total. The van der Waals surface area contributed by atoms with Gasteiger partial charge in [-0.05, 0) is 69.0 Å². The van der Waals surface area contributed by atoms with Gasteiger partial charge in [-0.2, -0.15) is 0 Å². The number of para-hydroxylation sites is 2. The molecule has 0 radical (unpaired) electrons. The molecule has 0 spiro atoms. The number of rotatable bonds is 32. The van der Waals surface area contributed by atoms with Crippen LogP contribution in [0, 0.1) is 0 Å². The third-order valence-corrected chi connectivity index (χ3v) is 7.49. The highest BCUT2D eigenvalue weighted by Crippen LogP contribution is 2.19. The third kappa shape index (κ3) is 21.6. The van der Waals surface area contributed by atoms with Gasteiger partial charge in [0, 0.05) is 44.1 Å². The van der Waals surface area contributed by atoms with Crippen molar-refractivity contribution in [2.24, 2.45) is 0 Å². The summed E-state index contributed by atoms with van der Waals surface area (Å²) in [7, 11) is 0. The zero-order valence-electron chi connectivity index (χ0n) is 31.9. The van der Waals surface area contributed by atoms with Gasteiger partial charge in [-0.25, -0.2) is 9.59 Å². The third-order valence-electron chi connectivity index (χ3n) is 7.49. The lowest BCUT2D eigenvalue weighted by Gasteiger charge is -2.19. The Kier molecular flexibility index (Phi) is 23.1. The molecule has 12 nitrogen and oxygen atoms in total. The monoisotopic (exact) mass is 764 g/mol. The molecule has 2 atom stereocenters. The Morgan fingerprint density at radius 2 is 0.964 bits per heavy atom. The molecule has 0 heterocycles. The fourth-order valence-electron chi connectivity index (χ4n) is 4.65. The van der Waals surface area contributed by atoms with Crippen molar-refractivity contribution in [2.75, 3.05) is 79.3 Å². The minimum Gasteiger partial charge on any atom is -0.491 e. The predicted molar refractivity (Wildman–Crippen MR) is 208 cm³/mol. The molecule has 12 heteroatoms. The van der Waals surface area contributed by atoms with Crippen LogP contribution in [0.15, 0.2) is 110 Å². The molecular formula is C43H56O12. The van der Waals surface area contributed by atoms with E-state index < -0.39 is 24.1 Å². The van der Waals surface area contributed by atoms with Gasteiger partial charge in [-0.15, -0.1) is 0 Å². The van der Waals surface area contributed by atoms with Gasteiger partial charge in [0.2, 0.25) is 0 Å². The van der Waals surface area contributed by atoms with E-state index in [1.807, 2.05) is 84.9 Å². The molecule has 300 valence electrons.